The van der Waals surface area contributed by atoms with E-state index in [9.17, 15) is 9.59 Å². The zero-order valence-corrected chi connectivity index (χ0v) is 20.0. The van der Waals surface area contributed by atoms with E-state index in [0.29, 0.717) is 30.7 Å². The number of nitriles is 1. The topological polar surface area (TPSA) is 83.3 Å². The fraction of sp³-hybridized carbons (Fsp3) is 0.333. The average Bonchev–Trinajstić information content (AvgIpc) is 3.24. The molecule has 2 aromatic carbocycles. The highest BCUT2D eigenvalue weighted by molar-refractivity contribution is 5.96. The van der Waals surface area contributed by atoms with Gasteiger partial charge in [-0.15, -0.1) is 0 Å². The molecular weight excluding hydrogens is 450 g/mol. The Hall–Kier alpha value is -3.98. The highest BCUT2D eigenvalue weighted by Crippen LogP contribution is 2.45. The van der Waals surface area contributed by atoms with Crippen molar-refractivity contribution in [3.8, 4) is 17.2 Å². The Bertz CT molecular complexity index is 1300. The maximum absolute atomic E-state index is 13.4. The number of hydrogen-bond donors (Lipinski definition) is 0. The van der Waals surface area contributed by atoms with Crippen molar-refractivity contribution in [2.24, 2.45) is 5.92 Å². The fourth-order valence-electron chi connectivity index (χ4n) is 6.38. The van der Waals surface area contributed by atoms with Crippen molar-refractivity contribution in [3.63, 3.8) is 0 Å². The summed E-state index contributed by atoms with van der Waals surface area (Å²) in [7, 11) is 0. The molecule has 0 saturated carbocycles. The first-order valence-electron chi connectivity index (χ1n) is 12.7. The summed E-state index contributed by atoms with van der Waals surface area (Å²) >= 11 is 0. The van der Waals surface area contributed by atoms with Crippen LogP contribution in [0.2, 0.25) is 0 Å². The van der Waals surface area contributed by atoms with E-state index in [0.717, 1.165) is 19.3 Å². The van der Waals surface area contributed by atoms with E-state index < -0.39 is 0 Å². The number of piperidine rings is 2. The molecule has 3 aliphatic rings. The van der Waals surface area contributed by atoms with Crippen LogP contribution in [0.25, 0.3) is 11.1 Å². The van der Waals surface area contributed by atoms with E-state index in [4.69, 9.17) is 10.00 Å². The summed E-state index contributed by atoms with van der Waals surface area (Å²) in [4.78, 5) is 32.7. The Balaban J connectivity index is 1.16. The average molecular weight is 478 g/mol. The molecular formula is C30H27N3O3. The number of fused-ring (bicyclic) bond motifs is 5. The van der Waals surface area contributed by atoms with Gasteiger partial charge in [0.25, 0.3) is 0 Å². The molecule has 1 amide bonds. The lowest BCUT2D eigenvalue weighted by molar-refractivity contribution is 0.00641. The zero-order valence-electron chi connectivity index (χ0n) is 20.0. The van der Waals surface area contributed by atoms with Gasteiger partial charge in [0.2, 0.25) is 0 Å². The first-order valence-corrected chi connectivity index (χ1v) is 12.7. The summed E-state index contributed by atoms with van der Waals surface area (Å²) in [5, 5.41) is 8.99. The molecule has 6 heteroatoms. The van der Waals surface area contributed by atoms with Crippen molar-refractivity contribution in [1.82, 2.24) is 9.88 Å². The molecule has 0 spiro atoms. The fourth-order valence-corrected chi connectivity index (χ4v) is 6.38. The van der Waals surface area contributed by atoms with Gasteiger partial charge in [0.05, 0.1) is 5.56 Å². The Morgan fingerprint density at radius 1 is 0.944 bits per heavy atom. The van der Waals surface area contributed by atoms with Crippen LogP contribution in [0.1, 0.15) is 65.2 Å². The number of ether oxygens (including phenoxy) is 1. The maximum Gasteiger partial charge on any atom is 0.410 e. The normalized spacial score (nSPS) is 22.3. The molecule has 36 heavy (non-hydrogen) atoms. The van der Waals surface area contributed by atoms with Crippen LogP contribution in [-0.4, -0.2) is 40.5 Å². The Labute approximate surface area is 210 Å². The SMILES string of the molecule is N#Cc1ccc(C(=O)C2CC3CCCC(C2)N3C(=O)OCC2c3ccccc3-c3ccccc32)nc1. The van der Waals surface area contributed by atoms with Crippen LogP contribution >= 0.6 is 0 Å². The molecule has 2 atom stereocenters. The third-order valence-corrected chi connectivity index (χ3v) is 8.04. The van der Waals surface area contributed by atoms with Gasteiger partial charge in [0, 0.05) is 30.1 Å². The number of hydrogen-bond acceptors (Lipinski definition) is 5. The smallest absolute Gasteiger partial charge is 0.410 e. The van der Waals surface area contributed by atoms with E-state index in [2.05, 4.69) is 29.2 Å². The lowest BCUT2D eigenvalue weighted by Crippen LogP contribution is -2.56. The maximum atomic E-state index is 13.4. The van der Waals surface area contributed by atoms with Crippen molar-refractivity contribution in [1.29, 1.82) is 5.26 Å². The molecule has 2 fully saturated rings. The Kier molecular flexibility index (Phi) is 5.77. The van der Waals surface area contributed by atoms with Gasteiger partial charge >= 0.3 is 6.09 Å². The number of amides is 1. The minimum absolute atomic E-state index is 0.000447. The molecule has 3 aromatic rings. The molecule has 2 saturated heterocycles. The van der Waals surface area contributed by atoms with Crippen LogP contribution in [-0.2, 0) is 4.74 Å². The van der Waals surface area contributed by atoms with Crippen LogP contribution in [0.5, 0.6) is 0 Å². The second-order valence-electron chi connectivity index (χ2n) is 10.0. The van der Waals surface area contributed by atoms with Gasteiger partial charge in [0.1, 0.15) is 18.4 Å². The molecule has 3 heterocycles. The standard InChI is InChI=1S/C30H27N3O3/c31-16-19-12-13-28(32-17-19)29(34)20-14-21-6-5-7-22(15-20)33(21)30(35)36-18-27-25-10-3-1-8-23(25)24-9-2-4-11-26(24)27/h1-4,8-13,17,20-22,27H,5-7,14-15,18H2. The Morgan fingerprint density at radius 3 is 2.17 bits per heavy atom. The van der Waals surface area contributed by atoms with Crippen molar-refractivity contribution in [3.05, 3.63) is 89.2 Å². The third kappa shape index (κ3) is 3.85. The number of nitrogens with zero attached hydrogens (tertiary/aromatic N) is 3. The van der Waals surface area contributed by atoms with Crippen molar-refractivity contribution in [2.75, 3.05) is 6.61 Å². The molecule has 6 nitrogen and oxygen atoms in total. The summed E-state index contributed by atoms with van der Waals surface area (Å²) < 4.78 is 5.98. The van der Waals surface area contributed by atoms with Gasteiger partial charge in [-0.2, -0.15) is 5.26 Å². The summed E-state index contributed by atoms with van der Waals surface area (Å²) in [5.41, 5.74) is 5.65. The molecule has 2 unspecified atom stereocenters. The second kappa shape index (κ2) is 9.23. The minimum atomic E-state index is -0.269. The molecule has 0 radical (unpaired) electrons. The quantitative estimate of drug-likeness (QED) is 0.449. The highest BCUT2D eigenvalue weighted by atomic mass is 16.6. The second-order valence-corrected chi connectivity index (χ2v) is 10.0. The zero-order chi connectivity index (χ0) is 24.6. The van der Waals surface area contributed by atoms with Gasteiger partial charge in [-0.1, -0.05) is 48.5 Å². The third-order valence-electron chi connectivity index (χ3n) is 8.04. The van der Waals surface area contributed by atoms with Crippen LogP contribution in [0, 0.1) is 17.2 Å². The largest absolute Gasteiger partial charge is 0.448 e. The van der Waals surface area contributed by atoms with Crippen LogP contribution in [0.3, 0.4) is 0 Å². The van der Waals surface area contributed by atoms with E-state index >= 15 is 0 Å². The summed E-state index contributed by atoms with van der Waals surface area (Å²) in [5.74, 6) is -0.135. The summed E-state index contributed by atoms with van der Waals surface area (Å²) in [6.07, 6.45) is 5.24. The first-order chi connectivity index (χ1) is 17.6. The number of Topliss-reactive ketones (excluding diaryl/α,β-unsaturated/α-hetero) is 1. The number of carbonyl (C=O) groups excluding carboxylic acids is 2. The first kappa shape index (κ1) is 22.5. The van der Waals surface area contributed by atoms with Crippen molar-refractivity contribution < 1.29 is 14.3 Å². The number of carbonyl (C=O) groups is 2. The molecule has 1 aromatic heterocycles. The lowest BCUT2D eigenvalue weighted by Gasteiger charge is -2.47. The van der Waals surface area contributed by atoms with E-state index in [1.807, 2.05) is 35.2 Å². The van der Waals surface area contributed by atoms with E-state index in [1.54, 1.807) is 12.1 Å². The molecule has 6 rings (SSSR count). The monoisotopic (exact) mass is 477 g/mol. The van der Waals surface area contributed by atoms with E-state index in [1.165, 1.54) is 28.5 Å². The van der Waals surface area contributed by atoms with Gasteiger partial charge in [-0.05, 0) is 66.5 Å². The molecule has 2 bridgehead atoms. The van der Waals surface area contributed by atoms with Crippen molar-refractivity contribution >= 4 is 11.9 Å². The predicted octanol–water partition coefficient (Wildman–Crippen LogP) is 5.72. The van der Waals surface area contributed by atoms with Gasteiger partial charge in [0.15, 0.2) is 5.78 Å². The Morgan fingerprint density at radius 2 is 1.58 bits per heavy atom. The number of rotatable bonds is 4. The summed E-state index contributed by atoms with van der Waals surface area (Å²) in [6.45, 7) is 0.306. The number of aromatic nitrogens is 1. The van der Waals surface area contributed by atoms with Gasteiger partial charge in [-0.25, -0.2) is 4.79 Å². The van der Waals surface area contributed by atoms with Gasteiger partial charge in [-0.3, -0.25) is 9.78 Å². The molecule has 1 aliphatic carbocycles. The molecule has 2 aliphatic heterocycles. The molecule has 180 valence electrons. The van der Waals surface area contributed by atoms with Gasteiger partial charge < -0.3 is 9.64 Å². The molecule has 0 N–H and O–H groups in total. The number of benzene rings is 2. The van der Waals surface area contributed by atoms with Crippen LogP contribution in [0.4, 0.5) is 4.79 Å². The van der Waals surface area contributed by atoms with Crippen LogP contribution in [0.15, 0.2) is 66.9 Å². The number of pyridine rings is 1. The lowest BCUT2D eigenvalue weighted by atomic mass is 9.76. The predicted molar refractivity (Wildman–Crippen MR) is 134 cm³/mol. The summed E-state index contributed by atoms with van der Waals surface area (Å²) in [6, 6.07) is 22.0. The van der Waals surface area contributed by atoms with E-state index in [-0.39, 0.29) is 35.8 Å². The minimum Gasteiger partial charge on any atom is -0.448 e. The van der Waals surface area contributed by atoms with Crippen molar-refractivity contribution in [2.45, 2.75) is 50.1 Å². The number of ketones is 1. The highest BCUT2D eigenvalue weighted by Gasteiger charge is 2.44. The van der Waals surface area contributed by atoms with Crippen LogP contribution < -0.4 is 0 Å².